The van der Waals surface area contributed by atoms with E-state index >= 15 is 0 Å². The number of amides is 3. The molecule has 1 N–H and O–H groups in total. The van der Waals surface area contributed by atoms with Crippen LogP contribution >= 0.6 is 0 Å². The van der Waals surface area contributed by atoms with E-state index in [4.69, 9.17) is 0 Å². The Kier molecular flexibility index (Phi) is 2.57. The second-order valence-electron chi connectivity index (χ2n) is 4.23. The number of hydrogen-bond donors (Lipinski definition) is 1. The van der Waals surface area contributed by atoms with Crippen molar-refractivity contribution in [3.05, 3.63) is 0 Å². The lowest BCUT2D eigenvalue weighted by Gasteiger charge is -2.25. The molecule has 0 aliphatic carbocycles. The lowest BCUT2D eigenvalue weighted by molar-refractivity contribution is -0.145. The average molecular weight is 225 g/mol. The molecule has 2 aliphatic rings. The number of nitrogens with one attached hydrogen (secondary N) is 1. The summed E-state index contributed by atoms with van der Waals surface area (Å²) in [6, 6.07) is -1.02. The van der Waals surface area contributed by atoms with E-state index in [9.17, 15) is 14.4 Å². The van der Waals surface area contributed by atoms with Crippen LogP contribution in [-0.2, 0) is 14.4 Å². The first kappa shape index (κ1) is 10.9. The molecule has 2 aliphatic heterocycles. The normalized spacial score (nSPS) is 29.9. The van der Waals surface area contributed by atoms with Gasteiger partial charge < -0.3 is 4.90 Å². The summed E-state index contributed by atoms with van der Waals surface area (Å²) in [5, 5.41) is 1.11. The van der Waals surface area contributed by atoms with Crippen LogP contribution in [0, 0.1) is 0 Å². The first-order valence-corrected chi connectivity index (χ1v) is 5.43. The summed E-state index contributed by atoms with van der Waals surface area (Å²) in [6.45, 7) is 3.57. The summed E-state index contributed by atoms with van der Waals surface area (Å²) in [5.41, 5.74) is 2.51. The van der Waals surface area contributed by atoms with Crippen molar-refractivity contribution in [1.82, 2.24) is 15.3 Å². The Labute approximate surface area is 93.5 Å². The van der Waals surface area contributed by atoms with Crippen molar-refractivity contribution >= 4 is 17.7 Å². The molecule has 3 amide bonds. The van der Waals surface area contributed by atoms with E-state index in [1.807, 2.05) is 0 Å². The van der Waals surface area contributed by atoms with E-state index in [1.165, 1.54) is 6.92 Å². The molecular weight excluding hydrogens is 210 g/mol. The van der Waals surface area contributed by atoms with Crippen LogP contribution in [0.4, 0.5) is 0 Å². The van der Waals surface area contributed by atoms with E-state index in [0.29, 0.717) is 13.0 Å². The summed E-state index contributed by atoms with van der Waals surface area (Å²) >= 11 is 0. The highest BCUT2D eigenvalue weighted by atomic mass is 16.2. The zero-order chi connectivity index (χ0) is 11.9. The van der Waals surface area contributed by atoms with Gasteiger partial charge in [-0.05, 0) is 19.8 Å². The molecule has 2 heterocycles. The minimum atomic E-state index is -0.621. The van der Waals surface area contributed by atoms with E-state index in [0.717, 1.165) is 11.4 Å². The van der Waals surface area contributed by atoms with Gasteiger partial charge in [0.1, 0.15) is 12.1 Å². The summed E-state index contributed by atoms with van der Waals surface area (Å²) in [4.78, 5) is 36.7. The molecule has 2 rings (SSSR count). The Morgan fingerprint density at radius 3 is 2.75 bits per heavy atom. The van der Waals surface area contributed by atoms with Crippen molar-refractivity contribution < 1.29 is 14.4 Å². The van der Waals surface area contributed by atoms with Crippen LogP contribution in [0.5, 0.6) is 0 Å². The van der Waals surface area contributed by atoms with Crippen LogP contribution in [0.25, 0.3) is 0 Å². The molecule has 0 radical (unpaired) electrons. The molecule has 6 heteroatoms. The van der Waals surface area contributed by atoms with Gasteiger partial charge in [0.15, 0.2) is 0 Å². The number of rotatable bonds is 0. The molecular formula is C10H15N3O3. The van der Waals surface area contributed by atoms with E-state index in [2.05, 4.69) is 5.43 Å². The molecule has 0 spiro atoms. The van der Waals surface area contributed by atoms with Gasteiger partial charge in [-0.15, -0.1) is 0 Å². The number of hydrogen-bond acceptors (Lipinski definition) is 3. The maximum atomic E-state index is 12.0. The second kappa shape index (κ2) is 3.77. The van der Waals surface area contributed by atoms with E-state index in [-0.39, 0.29) is 17.7 Å². The summed E-state index contributed by atoms with van der Waals surface area (Å²) < 4.78 is 0. The van der Waals surface area contributed by atoms with Gasteiger partial charge in [-0.1, -0.05) is 0 Å². The van der Waals surface area contributed by atoms with Crippen molar-refractivity contribution in [2.24, 2.45) is 0 Å². The predicted octanol–water partition coefficient (Wildman–Crippen LogP) is -0.741. The largest absolute Gasteiger partial charge is 0.329 e. The minimum absolute atomic E-state index is 0.156. The minimum Gasteiger partial charge on any atom is -0.329 e. The fraction of sp³-hybridized carbons (Fsp3) is 0.700. The number of carbonyl (C=O) groups excluding carboxylic acids is 3. The number of hydrazine groups is 1. The van der Waals surface area contributed by atoms with Crippen LogP contribution in [-0.4, -0.2) is 46.3 Å². The average Bonchev–Trinajstić information content (AvgIpc) is 2.68. The molecule has 2 saturated heterocycles. The lowest BCUT2D eigenvalue weighted by Crippen LogP contribution is -2.51. The maximum absolute atomic E-state index is 12.0. The van der Waals surface area contributed by atoms with Gasteiger partial charge >= 0.3 is 0 Å². The zero-order valence-electron chi connectivity index (χ0n) is 9.40. The van der Waals surface area contributed by atoms with Crippen molar-refractivity contribution in [2.45, 2.75) is 38.8 Å². The van der Waals surface area contributed by atoms with Crippen LogP contribution in [0.1, 0.15) is 26.7 Å². The number of nitrogens with zero attached hydrogens (tertiary/aromatic N) is 2. The highest BCUT2D eigenvalue weighted by Gasteiger charge is 2.42. The molecule has 0 saturated carbocycles. The fourth-order valence-electron chi connectivity index (χ4n) is 2.29. The molecule has 6 nitrogen and oxygen atoms in total. The molecule has 0 aromatic heterocycles. The monoisotopic (exact) mass is 225 g/mol. The zero-order valence-corrected chi connectivity index (χ0v) is 9.40. The van der Waals surface area contributed by atoms with Crippen LogP contribution < -0.4 is 5.43 Å². The molecule has 88 valence electrons. The third-order valence-electron chi connectivity index (χ3n) is 3.15. The highest BCUT2D eigenvalue weighted by molar-refractivity contribution is 5.95. The molecule has 2 atom stereocenters. The molecule has 0 bridgehead atoms. The van der Waals surface area contributed by atoms with Crippen molar-refractivity contribution in [1.29, 1.82) is 0 Å². The first-order valence-electron chi connectivity index (χ1n) is 5.43. The topological polar surface area (TPSA) is 69.7 Å². The van der Waals surface area contributed by atoms with Crippen LogP contribution in [0.15, 0.2) is 0 Å². The van der Waals surface area contributed by atoms with Crippen molar-refractivity contribution in [3.8, 4) is 0 Å². The molecule has 0 unspecified atom stereocenters. The second-order valence-corrected chi connectivity index (χ2v) is 4.23. The Hall–Kier alpha value is -1.59. The third kappa shape index (κ3) is 1.54. The Bertz CT molecular complexity index is 355. The van der Waals surface area contributed by atoms with Crippen molar-refractivity contribution in [2.75, 3.05) is 6.54 Å². The summed E-state index contributed by atoms with van der Waals surface area (Å²) in [7, 11) is 0. The van der Waals surface area contributed by atoms with Gasteiger partial charge in [-0.25, -0.2) is 5.01 Å². The van der Waals surface area contributed by atoms with Crippen LogP contribution in [0.2, 0.25) is 0 Å². The summed E-state index contributed by atoms with van der Waals surface area (Å²) in [5.74, 6) is -0.739. The van der Waals surface area contributed by atoms with Crippen LogP contribution in [0.3, 0.4) is 0 Å². The van der Waals surface area contributed by atoms with E-state index in [1.54, 1.807) is 11.8 Å². The number of carbonyl (C=O) groups is 3. The Balaban J connectivity index is 2.30. The number of fused-ring (bicyclic) bond motifs is 1. The Morgan fingerprint density at radius 1 is 1.44 bits per heavy atom. The van der Waals surface area contributed by atoms with Gasteiger partial charge in [0.25, 0.3) is 5.91 Å². The van der Waals surface area contributed by atoms with Gasteiger partial charge in [-0.2, -0.15) is 0 Å². The van der Waals surface area contributed by atoms with Gasteiger partial charge in [0.05, 0.1) is 0 Å². The van der Waals surface area contributed by atoms with Gasteiger partial charge in [0.2, 0.25) is 11.8 Å². The standard InChI is InChI=1S/C10H15N3O3/c1-6-10(16)12-5-3-4-8(12)9(15)11-13(6)7(2)14/h6,8H,3-5H2,1-2H3,(H,11,15)/t6-,8+/m1/s1. The first-order chi connectivity index (χ1) is 7.52. The molecule has 0 aromatic rings. The lowest BCUT2D eigenvalue weighted by atomic mass is 10.2. The van der Waals surface area contributed by atoms with Gasteiger partial charge in [0, 0.05) is 13.5 Å². The van der Waals surface area contributed by atoms with Crippen molar-refractivity contribution in [3.63, 3.8) is 0 Å². The maximum Gasteiger partial charge on any atom is 0.261 e. The molecule has 16 heavy (non-hydrogen) atoms. The quantitative estimate of drug-likeness (QED) is 0.590. The third-order valence-corrected chi connectivity index (χ3v) is 3.15. The predicted molar refractivity (Wildman–Crippen MR) is 54.9 cm³/mol. The molecule has 2 fully saturated rings. The fourth-order valence-corrected chi connectivity index (χ4v) is 2.29. The SMILES string of the molecule is CC(=O)N1NC(=O)[C@@H]2CCCN2C(=O)[C@H]1C. The highest BCUT2D eigenvalue weighted by Crippen LogP contribution is 2.22. The summed E-state index contributed by atoms with van der Waals surface area (Å²) in [6.07, 6.45) is 1.52. The van der Waals surface area contributed by atoms with E-state index < -0.39 is 12.1 Å². The van der Waals surface area contributed by atoms with Gasteiger partial charge in [-0.3, -0.25) is 19.8 Å². The Morgan fingerprint density at radius 2 is 2.12 bits per heavy atom. The molecule has 0 aromatic carbocycles. The smallest absolute Gasteiger partial charge is 0.261 e.